The van der Waals surface area contributed by atoms with Crippen molar-refractivity contribution in [1.29, 1.82) is 0 Å². The minimum atomic E-state index is -0.611. The SMILES string of the molecule is COCCNC(=O)C(=O)NC[C@H](c1ccc(N(C)C)cc1)[NH+]1CCCC1. The van der Waals surface area contributed by atoms with Gasteiger partial charge in [-0.15, -0.1) is 0 Å². The van der Waals surface area contributed by atoms with E-state index in [1.54, 1.807) is 7.11 Å². The first kappa shape index (κ1) is 20.2. The molecule has 1 aliphatic heterocycles. The number of quaternary nitrogens is 1. The Kier molecular flexibility index (Phi) is 7.87. The van der Waals surface area contributed by atoms with Crippen LogP contribution in [0.5, 0.6) is 0 Å². The number of carbonyl (C=O) groups is 2. The van der Waals surface area contributed by atoms with E-state index >= 15 is 0 Å². The molecule has 1 aromatic rings. The Morgan fingerprint density at radius 3 is 2.31 bits per heavy atom. The lowest BCUT2D eigenvalue weighted by molar-refractivity contribution is -0.918. The smallest absolute Gasteiger partial charge is 0.309 e. The van der Waals surface area contributed by atoms with Gasteiger partial charge in [-0.05, 0) is 12.1 Å². The molecule has 1 saturated heterocycles. The zero-order valence-electron chi connectivity index (χ0n) is 16.0. The third-order valence-corrected chi connectivity index (χ3v) is 4.82. The van der Waals surface area contributed by atoms with Crippen LogP contribution >= 0.6 is 0 Å². The van der Waals surface area contributed by atoms with E-state index in [2.05, 4.69) is 39.8 Å². The summed E-state index contributed by atoms with van der Waals surface area (Å²) in [7, 11) is 5.58. The summed E-state index contributed by atoms with van der Waals surface area (Å²) in [6.07, 6.45) is 2.40. The predicted molar refractivity (Wildman–Crippen MR) is 101 cm³/mol. The predicted octanol–water partition coefficient (Wildman–Crippen LogP) is -0.649. The molecule has 7 heteroatoms. The summed E-state index contributed by atoms with van der Waals surface area (Å²) in [5.74, 6) is -1.20. The van der Waals surface area contributed by atoms with Crippen molar-refractivity contribution >= 4 is 17.5 Å². The highest BCUT2D eigenvalue weighted by molar-refractivity contribution is 6.35. The van der Waals surface area contributed by atoms with E-state index in [1.807, 2.05) is 14.1 Å². The number of benzene rings is 1. The number of hydrogen-bond donors (Lipinski definition) is 3. The van der Waals surface area contributed by atoms with Gasteiger partial charge in [0.2, 0.25) is 0 Å². The van der Waals surface area contributed by atoms with E-state index < -0.39 is 11.8 Å². The number of likely N-dealkylation sites (tertiary alicyclic amines) is 1. The van der Waals surface area contributed by atoms with Crippen LogP contribution in [0.2, 0.25) is 0 Å². The van der Waals surface area contributed by atoms with Gasteiger partial charge in [0.1, 0.15) is 6.04 Å². The van der Waals surface area contributed by atoms with E-state index in [0.717, 1.165) is 18.8 Å². The number of methoxy groups -OCH3 is 1. The summed E-state index contributed by atoms with van der Waals surface area (Å²) in [6, 6.07) is 8.59. The Labute approximate surface area is 155 Å². The second-order valence-corrected chi connectivity index (χ2v) is 6.86. The first-order valence-electron chi connectivity index (χ1n) is 9.19. The number of hydrogen-bond acceptors (Lipinski definition) is 4. The van der Waals surface area contributed by atoms with Gasteiger partial charge in [-0.25, -0.2) is 0 Å². The molecule has 1 fully saturated rings. The van der Waals surface area contributed by atoms with Crippen LogP contribution < -0.4 is 20.4 Å². The Bertz CT molecular complexity index is 583. The number of rotatable bonds is 8. The molecule has 2 rings (SSSR count). The molecule has 3 N–H and O–H groups in total. The van der Waals surface area contributed by atoms with Gasteiger partial charge in [0.15, 0.2) is 0 Å². The van der Waals surface area contributed by atoms with Gasteiger partial charge >= 0.3 is 11.8 Å². The van der Waals surface area contributed by atoms with Gasteiger partial charge in [-0.2, -0.15) is 0 Å². The summed E-state index contributed by atoms with van der Waals surface area (Å²) < 4.78 is 4.87. The topological polar surface area (TPSA) is 75.1 Å². The maximum absolute atomic E-state index is 12.1. The van der Waals surface area contributed by atoms with E-state index in [9.17, 15) is 9.59 Å². The molecule has 2 amide bonds. The van der Waals surface area contributed by atoms with Crippen molar-refractivity contribution in [1.82, 2.24) is 10.6 Å². The van der Waals surface area contributed by atoms with Crippen molar-refractivity contribution in [2.75, 3.05) is 58.9 Å². The van der Waals surface area contributed by atoms with Crippen LogP contribution in [0, 0.1) is 0 Å². The van der Waals surface area contributed by atoms with Gasteiger partial charge in [0, 0.05) is 51.8 Å². The molecule has 1 heterocycles. The van der Waals surface area contributed by atoms with Crippen molar-refractivity contribution in [3.8, 4) is 0 Å². The quantitative estimate of drug-likeness (QED) is 0.424. The highest BCUT2D eigenvalue weighted by Gasteiger charge is 2.28. The number of nitrogens with one attached hydrogen (secondary N) is 3. The van der Waals surface area contributed by atoms with Crippen LogP contribution in [0.3, 0.4) is 0 Å². The van der Waals surface area contributed by atoms with Crippen molar-refractivity contribution in [3.63, 3.8) is 0 Å². The van der Waals surface area contributed by atoms with Crippen LogP contribution in [0.25, 0.3) is 0 Å². The lowest BCUT2D eigenvalue weighted by Gasteiger charge is -2.25. The van der Waals surface area contributed by atoms with E-state index in [0.29, 0.717) is 19.7 Å². The zero-order valence-corrected chi connectivity index (χ0v) is 16.0. The molecule has 0 radical (unpaired) electrons. The second-order valence-electron chi connectivity index (χ2n) is 6.86. The number of anilines is 1. The molecular formula is C19H31N4O3+. The maximum atomic E-state index is 12.1. The largest absolute Gasteiger partial charge is 0.383 e. The Morgan fingerprint density at radius 2 is 1.73 bits per heavy atom. The third kappa shape index (κ3) is 5.71. The second kappa shape index (κ2) is 10.1. The number of ether oxygens (including phenoxy) is 1. The third-order valence-electron chi connectivity index (χ3n) is 4.82. The molecule has 1 aromatic carbocycles. The van der Waals surface area contributed by atoms with Crippen molar-refractivity contribution < 1.29 is 19.2 Å². The molecule has 0 unspecified atom stereocenters. The fourth-order valence-electron chi connectivity index (χ4n) is 3.30. The molecule has 7 nitrogen and oxygen atoms in total. The molecule has 0 bridgehead atoms. The minimum absolute atomic E-state index is 0.157. The normalized spacial score (nSPS) is 15.5. The molecule has 0 saturated carbocycles. The van der Waals surface area contributed by atoms with Crippen molar-refractivity contribution in [2.24, 2.45) is 0 Å². The molecular weight excluding hydrogens is 332 g/mol. The molecule has 26 heavy (non-hydrogen) atoms. The maximum Gasteiger partial charge on any atom is 0.309 e. The number of carbonyl (C=O) groups excluding carboxylic acids is 2. The lowest BCUT2D eigenvalue weighted by atomic mass is 10.0. The number of nitrogens with zero attached hydrogens (tertiary/aromatic N) is 1. The lowest BCUT2D eigenvalue weighted by Crippen LogP contribution is -3.11. The first-order chi connectivity index (χ1) is 12.5. The summed E-state index contributed by atoms with van der Waals surface area (Å²) in [5.41, 5.74) is 2.33. The Balaban J connectivity index is 1.99. The van der Waals surface area contributed by atoms with Crippen LogP contribution in [-0.4, -0.2) is 65.8 Å². The fraction of sp³-hybridized carbons (Fsp3) is 0.579. The van der Waals surface area contributed by atoms with Crippen molar-refractivity contribution in [2.45, 2.75) is 18.9 Å². The fourth-order valence-corrected chi connectivity index (χ4v) is 3.30. The summed E-state index contributed by atoms with van der Waals surface area (Å²) >= 11 is 0. The van der Waals surface area contributed by atoms with Crippen molar-refractivity contribution in [3.05, 3.63) is 29.8 Å². The van der Waals surface area contributed by atoms with Gasteiger partial charge in [-0.3, -0.25) is 9.59 Å². The van der Waals surface area contributed by atoms with Gasteiger partial charge in [0.05, 0.1) is 26.2 Å². The van der Waals surface area contributed by atoms with Crippen LogP contribution in [0.15, 0.2) is 24.3 Å². The molecule has 1 atom stereocenters. The first-order valence-corrected chi connectivity index (χ1v) is 9.19. The average molecular weight is 363 g/mol. The summed E-state index contributed by atoms with van der Waals surface area (Å²) in [4.78, 5) is 27.4. The highest BCUT2D eigenvalue weighted by Crippen LogP contribution is 2.17. The summed E-state index contributed by atoms with van der Waals surface area (Å²) in [5, 5.41) is 5.35. The van der Waals surface area contributed by atoms with E-state index in [-0.39, 0.29) is 6.04 Å². The number of amides is 2. The zero-order chi connectivity index (χ0) is 18.9. The summed E-state index contributed by atoms with van der Waals surface area (Å²) in [6.45, 7) is 3.35. The molecule has 0 aliphatic carbocycles. The molecule has 0 aromatic heterocycles. The highest BCUT2D eigenvalue weighted by atomic mass is 16.5. The Hall–Kier alpha value is -2.12. The molecule has 0 spiro atoms. The van der Waals surface area contributed by atoms with Gasteiger partial charge < -0.3 is 25.2 Å². The molecule has 144 valence electrons. The van der Waals surface area contributed by atoms with Crippen LogP contribution in [-0.2, 0) is 14.3 Å². The van der Waals surface area contributed by atoms with Crippen LogP contribution in [0.4, 0.5) is 5.69 Å². The van der Waals surface area contributed by atoms with E-state index in [1.165, 1.54) is 23.3 Å². The Morgan fingerprint density at radius 1 is 1.12 bits per heavy atom. The van der Waals surface area contributed by atoms with Gasteiger partial charge in [-0.1, -0.05) is 12.1 Å². The standard InChI is InChI=1S/C19H30N4O3/c1-22(2)16-8-6-15(7-9-16)17(23-11-4-5-12-23)14-21-19(25)18(24)20-10-13-26-3/h6-9,17H,4-5,10-14H2,1-3H3,(H,20,24)(H,21,25)/p+1/t17-/m1/s1. The minimum Gasteiger partial charge on any atom is -0.383 e. The van der Waals surface area contributed by atoms with Gasteiger partial charge in [0.25, 0.3) is 0 Å². The van der Waals surface area contributed by atoms with Crippen LogP contribution in [0.1, 0.15) is 24.4 Å². The monoisotopic (exact) mass is 363 g/mol. The van der Waals surface area contributed by atoms with E-state index in [4.69, 9.17) is 4.74 Å². The average Bonchev–Trinajstić information content (AvgIpc) is 3.16. The molecule has 1 aliphatic rings.